The molecule has 1 aliphatic heterocycles. The molecule has 2 aliphatic rings. The summed E-state index contributed by atoms with van der Waals surface area (Å²) in [5.41, 5.74) is 0. The van der Waals surface area contributed by atoms with Crippen LogP contribution < -0.4 is 10.6 Å². The second-order valence-corrected chi connectivity index (χ2v) is 8.44. The lowest BCUT2D eigenvalue weighted by Crippen LogP contribution is -2.49. The Morgan fingerprint density at radius 2 is 1.88 bits per heavy atom. The molecule has 0 radical (unpaired) electrons. The summed E-state index contributed by atoms with van der Waals surface area (Å²) in [6, 6.07) is 0.589. The predicted molar refractivity (Wildman–Crippen MR) is 123 cm³/mol. The molecular weight excluding hydrogens is 445 g/mol. The molecule has 25 heavy (non-hydrogen) atoms. The van der Waals surface area contributed by atoms with Gasteiger partial charge in [-0.15, -0.1) is 24.0 Å². The monoisotopic (exact) mass is 483 g/mol. The summed E-state index contributed by atoms with van der Waals surface area (Å²) >= 11 is 2.00. The number of halogens is 1. The van der Waals surface area contributed by atoms with Gasteiger partial charge in [0.1, 0.15) is 0 Å². The van der Waals surface area contributed by atoms with Crippen LogP contribution >= 0.6 is 35.7 Å². The number of piperazine rings is 1. The molecule has 1 saturated heterocycles. The molecule has 3 unspecified atom stereocenters. The Labute approximate surface area is 176 Å². The fourth-order valence-corrected chi connectivity index (χ4v) is 4.53. The van der Waals surface area contributed by atoms with E-state index in [1.807, 2.05) is 18.8 Å². The zero-order valence-electron chi connectivity index (χ0n) is 16.5. The van der Waals surface area contributed by atoms with Gasteiger partial charge in [0.15, 0.2) is 5.96 Å². The summed E-state index contributed by atoms with van der Waals surface area (Å²) < 4.78 is 0. The Morgan fingerprint density at radius 1 is 1.20 bits per heavy atom. The first-order valence-electron chi connectivity index (χ1n) is 9.59. The SMILES string of the molecule is CCN1CCN(CC(C)CNC(=NC)NC2CCC(SC)C2)CC1.I. The molecule has 5 nitrogen and oxygen atoms in total. The van der Waals surface area contributed by atoms with Gasteiger partial charge < -0.3 is 20.4 Å². The zero-order valence-corrected chi connectivity index (χ0v) is 19.6. The Kier molecular flexibility index (Phi) is 11.8. The van der Waals surface area contributed by atoms with Gasteiger partial charge in [-0.3, -0.25) is 4.99 Å². The van der Waals surface area contributed by atoms with Gasteiger partial charge in [0.2, 0.25) is 0 Å². The van der Waals surface area contributed by atoms with Crippen molar-refractivity contribution >= 4 is 41.7 Å². The van der Waals surface area contributed by atoms with Crippen LogP contribution in [0.5, 0.6) is 0 Å². The first-order chi connectivity index (χ1) is 11.6. The van der Waals surface area contributed by atoms with E-state index in [4.69, 9.17) is 0 Å². The van der Waals surface area contributed by atoms with Crippen LogP contribution in [-0.2, 0) is 0 Å². The van der Waals surface area contributed by atoms with Gasteiger partial charge in [-0.05, 0) is 38.0 Å². The van der Waals surface area contributed by atoms with Gasteiger partial charge in [0.25, 0.3) is 0 Å². The van der Waals surface area contributed by atoms with Crippen LogP contribution in [0, 0.1) is 5.92 Å². The number of nitrogens with one attached hydrogen (secondary N) is 2. The fourth-order valence-electron chi connectivity index (χ4n) is 3.74. The van der Waals surface area contributed by atoms with Crippen molar-refractivity contribution in [2.24, 2.45) is 10.9 Å². The predicted octanol–water partition coefficient (Wildman–Crippen LogP) is 2.33. The maximum atomic E-state index is 4.41. The van der Waals surface area contributed by atoms with Crippen LogP contribution in [0.4, 0.5) is 0 Å². The van der Waals surface area contributed by atoms with Gasteiger partial charge in [0.05, 0.1) is 0 Å². The lowest BCUT2D eigenvalue weighted by molar-refractivity contribution is 0.124. The summed E-state index contributed by atoms with van der Waals surface area (Å²) in [6.07, 6.45) is 6.08. The largest absolute Gasteiger partial charge is 0.356 e. The number of thioether (sulfide) groups is 1. The maximum absolute atomic E-state index is 4.41. The van der Waals surface area contributed by atoms with Gasteiger partial charge in [-0.25, -0.2) is 0 Å². The van der Waals surface area contributed by atoms with Crippen molar-refractivity contribution in [3.05, 3.63) is 0 Å². The summed E-state index contributed by atoms with van der Waals surface area (Å²) in [7, 11) is 1.88. The molecule has 2 fully saturated rings. The molecule has 1 aliphatic carbocycles. The number of rotatable bonds is 7. The number of guanidine groups is 1. The minimum absolute atomic E-state index is 0. The quantitative estimate of drug-likeness (QED) is 0.331. The highest BCUT2D eigenvalue weighted by atomic mass is 127. The number of aliphatic imine (C=N–C) groups is 1. The summed E-state index contributed by atoms with van der Waals surface area (Å²) in [5.74, 6) is 1.61. The smallest absolute Gasteiger partial charge is 0.191 e. The molecule has 1 heterocycles. The minimum atomic E-state index is 0. The van der Waals surface area contributed by atoms with E-state index in [-0.39, 0.29) is 24.0 Å². The number of hydrogen-bond acceptors (Lipinski definition) is 4. The summed E-state index contributed by atoms with van der Waals surface area (Å²) in [5, 5.41) is 7.96. The molecule has 148 valence electrons. The van der Waals surface area contributed by atoms with Crippen molar-refractivity contribution in [1.82, 2.24) is 20.4 Å². The van der Waals surface area contributed by atoms with Crippen LogP contribution in [-0.4, -0.2) is 86.2 Å². The molecule has 3 atom stereocenters. The average Bonchev–Trinajstić information content (AvgIpc) is 3.07. The van der Waals surface area contributed by atoms with Crippen LogP contribution in [0.15, 0.2) is 4.99 Å². The van der Waals surface area contributed by atoms with E-state index in [0.29, 0.717) is 12.0 Å². The molecule has 1 saturated carbocycles. The average molecular weight is 484 g/mol. The molecule has 2 rings (SSSR count). The molecule has 2 N–H and O–H groups in total. The molecule has 0 bridgehead atoms. The second kappa shape index (κ2) is 12.6. The Bertz CT molecular complexity index is 388. The minimum Gasteiger partial charge on any atom is -0.356 e. The molecule has 0 aromatic rings. The van der Waals surface area contributed by atoms with Gasteiger partial charge >= 0.3 is 0 Å². The van der Waals surface area contributed by atoms with E-state index < -0.39 is 0 Å². The van der Waals surface area contributed by atoms with Gasteiger partial charge in [-0.2, -0.15) is 11.8 Å². The Morgan fingerprint density at radius 3 is 2.44 bits per heavy atom. The first kappa shape index (κ1) is 23.3. The number of nitrogens with zero attached hydrogens (tertiary/aromatic N) is 3. The second-order valence-electron chi connectivity index (χ2n) is 7.31. The van der Waals surface area contributed by atoms with Crippen LogP contribution in [0.2, 0.25) is 0 Å². The molecular formula is C18H38IN5S. The molecule has 0 aromatic heterocycles. The molecule has 7 heteroatoms. The van der Waals surface area contributed by atoms with Gasteiger partial charge in [-0.1, -0.05) is 13.8 Å². The third kappa shape index (κ3) is 8.22. The van der Waals surface area contributed by atoms with Crippen molar-refractivity contribution < 1.29 is 0 Å². The van der Waals surface area contributed by atoms with Crippen molar-refractivity contribution in [2.75, 3.05) is 59.1 Å². The van der Waals surface area contributed by atoms with Crippen molar-refractivity contribution in [3.63, 3.8) is 0 Å². The highest BCUT2D eigenvalue weighted by Crippen LogP contribution is 2.27. The van der Waals surface area contributed by atoms with Gasteiger partial charge in [0, 0.05) is 57.6 Å². The lowest BCUT2D eigenvalue weighted by Gasteiger charge is -2.35. The third-order valence-corrected chi connectivity index (χ3v) is 6.48. The van der Waals surface area contributed by atoms with E-state index in [0.717, 1.165) is 17.8 Å². The van der Waals surface area contributed by atoms with Crippen LogP contribution in [0.25, 0.3) is 0 Å². The Balaban J connectivity index is 0.00000312. The highest BCUT2D eigenvalue weighted by Gasteiger charge is 2.24. The number of likely N-dealkylation sites (N-methyl/N-ethyl adjacent to an activating group) is 1. The maximum Gasteiger partial charge on any atom is 0.191 e. The van der Waals surface area contributed by atoms with Crippen LogP contribution in [0.1, 0.15) is 33.1 Å². The van der Waals surface area contributed by atoms with Crippen LogP contribution in [0.3, 0.4) is 0 Å². The normalized spacial score (nSPS) is 27.0. The Hall–Kier alpha value is 0.270. The molecule has 0 amide bonds. The van der Waals surface area contributed by atoms with Crippen molar-refractivity contribution in [2.45, 2.75) is 44.4 Å². The standard InChI is InChI=1S/C18H37N5S.HI/c1-5-22-8-10-23(11-9-22)14-15(2)13-20-18(19-3)21-16-6-7-17(12-16)24-4;/h15-17H,5-14H2,1-4H3,(H2,19,20,21);1H. The van der Waals surface area contributed by atoms with E-state index in [2.05, 4.69) is 45.5 Å². The topological polar surface area (TPSA) is 42.9 Å². The van der Waals surface area contributed by atoms with E-state index >= 15 is 0 Å². The summed E-state index contributed by atoms with van der Waals surface area (Å²) in [6.45, 7) is 12.8. The lowest BCUT2D eigenvalue weighted by atomic mass is 10.1. The van der Waals surface area contributed by atoms with Crippen molar-refractivity contribution in [3.8, 4) is 0 Å². The summed E-state index contributed by atoms with van der Waals surface area (Å²) in [4.78, 5) is 9.55. The number of hydrogen-bond donors (Lipinski definition) is 2. The molecule has 0 aromatic carbocycles. The van der Waals surface area contributed by atoms with E-state index in [1.54, 1.807) is 0 Å². The third-order valence-electron chi connectivity index (χ3n) is 5.38. The zero-order chi connectivity index (χ0) is 17.4. The first-order valence-corrected chi connectivity index (χ1v) is 10.9. The van der Waals surface area contributed by atoms with Crippen molar-refractivity contribution in [1.29, 1.82) is 0 Å². The fraction of sp³-hybridized carbons (Fsp3) is 0.944. The molecule has 0 spiro atoms. The van der Waals surface area contributed by atoms with E-state index in [1.165, 1.54) is 58.5 Å². The highest BCUT2D eigenvalue weighted by molar-refractivity contribution is 14.0. The van der Waals surface area contributed by atoms with E-state index in [9.17, 15) is 0 Å².